The molecular weight excluding hydrogens is 414 g/mol. The lowest BCUT2D eigenvalue weighted by atomic mass is 10.2. The van der Waals surface area contributed by atoms with E-state index in [2.05, 4.69) is 21.2 Å². The first kappa shape index (κ1) is 18.2. The molecule has 1 unspecified atom stereocenters. The van der Waals surface area contributed by atoms with Crippen LogP contribution in [0.1, 0.15) is 6.42 Å². The molecule has 1 amide bonds. The Balaban J connectivity index is 1.63. The fourth-order valence-corrected chi connectivity index (χ4v) is 4.91. The third kappa shape index (κ3) is 4.31. The van der Waals surface area contributed by atoms with Crippen molar-refractivity contribution in [1.82, 2.24) is 14.8 Å². The molecule has 1 aliphatic rings. The van der Waals surface area contributed by atoms with Crippen molar-refractivity contribution in [2.24, 2.45) is 0 Å². The Morgan fingerprint density at radius 3 is 2.92 bits per heavy atom. The maximum Gasteiger partial charge on any atom is 0.421 e. The van der Waals surface area contributed by atoms with E-state index in [0.29, 0.717) is 17.5 Å². The van der Waals surface area contributed by atoms with Gasteiger partial charge in [-0.05, 0) is 31.7 Å². The first-order valence-electron chi connectivity index (χ1n) is 7.71. The molecule has 1 fully saturated rings. The van der Waals surface area contributed by atoms with Crippen molar-refractivity contribution in [3.63, 3.8) is 0 Å². The monoisotopic (exact) mass is 431 g/mol. The van der Waals surface area contributed by atoms with Crippen molar-refractivity contribution < 1.29 is 17.6 Å². The third-order valence-corrected chi connectivity index (χ3v) is 6.29. The highest BCUT2D eigenvalue weighted by atomic mass is 79.9. The fraction of sp³-hybridized carbons (Fsp3) is 0.467. The van der Waals surface area contributed by atoms with Crippen LogP contribution in [0, 0.1) is 0 Å². The van der Waals surface area contributed by atoms with Crippen LogP contribution >= 0.6 is 15.9 Å². The number of carbonyl (C=O) groups excluding carboxylic acids is 1. The first-order chi connectivity index (χ1) is 11.7. The van der Waals surface area contributed by atoms with Crippen molar-refractivity contribution >= 4 is 42.8 Å². The van der Waals surface area contributed by atoms with E-state index in [9.17, 15) is 18.0 Å². The van der Waals surface area contributed by atoms with Gasteiger partial charge >= 0.3 is 5.76 Å². The van der Waals surface area contributed by atoms with Crippen LogP contribution in [0.25, 0.3) is 11.1 Å². The minimum absolute atomic E-state index is 0.0108. The zero-order chi connectivity index (χ0) is 18.2. The SMILES string of the molecule is CN(CC(=O)NC1CCS(=O)(=O)C1)Cn1c(=O)oc2cc(Br)ccc21. The van der Waals surface area contributed by atoms with E-state index in [-0.39, 0.29) is 36.7 Å². The number of amides is 1. The van der Waals surface area contributed by atoms with E-state index in [0.717, 1.165) is 4.47 Å². The zero-order valence-electron chi connectivity index (χ0n) is 13.6. The van der Waals surface area contributed by atoms with Crippen molar-refractivity contribution in [2.45, 2.75) is 19.1 Å². The molecule has 0 radical (unpaired) electrons. The Labute approximate surface area is 152 Å². The molecule has 0 saturated carbocycles. The summed E-state index contributed by atoms with van der Waals surface area (Å²) in [7, 11) is -1.33. The van der Waals surface area contributed by atoms with Crippen molar-refractivity contribution in [3.8, 4) is 0 Å². The molecule has 2 heterocycles. The van der Waals surface area contributed by atoms with Gasteiger partial charge in [-0.2, -0.15) is 0 Å². The second kappa shape index (κ2) is 6.93. The van der Waals surface area contributed by atoms with Gasteiger partial charge in [-0.3, -0.25) is 14.3 Å². The van der Waals surface area contributed by atoms with Gasteiger partial charge in [-0.15, -0.1) is 0 Å². The van der Waals surface area contributed by atoms with E-state index < -0.39 is 15.6 Å². The normalized spacial score (nSPS) is 19.6. The summed E-state index contributed by atoms with van der Waals surface area (Å²) < 4.78 is 30.3. The number of benzene rings is 1. The number of sulfone groups is 1. The molecule has 0 spiro atoms. The second-order valence-electron chi connectivity index (χ2n) is 6.23. The number of carbonyl (C=O) groups is 1. The molecule has 3 rings (SSSR count). The summed E-state index contributed by atoms with van der Waals surface area (Å²) in [5.41, 5.74) is 1.11. The summed E-state index contributed by atoms with van der Waals surface area (Å²) in [5, 5.41) is 2.73. The summed E-state index contributed by atoms with van der Waals surface area (Å²) in [5.74, 6) is -0.668. The van der Waals surface area contributed by atoms with E-state index in [1.165, 1.54) is 4.57 Å². The van der Waals surface area contributed by atoms with Gasteiger partial charge in [0.25, 0.3) is 0 Å². The molecule has 1 aromatic carbocycles. The highest BCUT2D eigenvalue weighted by Gasteiger charge is 2.29. The number of nitrogens with zero attached hydrogens (tertiary/aromatic N) is 2. The predicted molar refractivity (Wildman–Crippen MR) is 96.0 cm³/mol. The Bertz CT molecular complexity index is 965. The quantitative estimate of drug-likeness (QED) is 0.741. The average molecular weight is 432 g/mol. The number of likely N-dealkylation sites (N-methyl/N-ethyl adjacent to an activating group) is 1. The van der Waals surface area contributed by atoms with Crippen molar-refractivity contribution in [3.05, 3.63) is 33.2 Å². The van der Waals surface area contributed by atoms with Gasteiger partial charge in [0.1, 0.15) is 0 Å². The van der Waals surface area contributed by atoms with E-state index in [1.54, 1.807) is 30.1 Å². The van der Waals surface area contributed by atoms with Gasteiger partial charge < -0.3 is 9.73 Å². The molecule has 0 aliphatic carbocycles. The van der Waals surface area contributed by atoms with Gasteiger partial charge in [0, 0.05) is 10.5 Å². The van der Waals surface area contributed by atoms with Crippen LogP contribution in [0.2, 0.25) is 0 Å². The zero-order valence-corrected chi connectivity index (χ0v) is 16.0. The molecule has 1 aliphatic heterocycles. The standard InChI is InChI=1S/C15H18BrN3O5S/c1-18(7-14(20)17-11-4-5-25(22,23)8-11)9-19-12-3-2-10(16)6-13(12)24-15(19)21/h2-3,6,11H,4-5,7-9H2,1H3,(H,17,20). The number of hydrogen-bond acceptors (Lipinski definition) is 6. The molecule has 2 aromatic rings. The van der Waals surface area contributed by atoms with Crippen LogP contribution in [0.5, 0.6) is 0 Å². The lowest BCUT2D eigenvalue weighted by Crippen LogP contribution is -2.42. The molecule has 1 saturated heterocycles. The number of halogens is 1. The molecule has 8 nitrogen and oxygen atoms in total. The summed E-state index contributed by atoms with van der Waals surface area (Å²) in [4.78, 5) is 25.7. The topological polar surface area (TPSA) is 102 Å². The minimum atomic E-state index is -3.03. The number of fused-ring (bicyclic) bond motifs is 1. The largest absolute Gasteiger partial charge is 0.421 e. The third-order valence-electron chi connectivity index (χ3n) is 4.02. The summed E-state index contributed by atoms with van der Waals surface area (Å²) in [6.45, 7) is 0.232. The molecule has 10 heteroatoms. The first-order valence-corrected chi connectivity index (χ1v) is 10.3. The van der Waals surface area contributed by atoms with E-state index >= 15 is 0 Å². The second-order valence-corrected chi connectivity index (χ2v) is 9.38. The Morgan fingerprint density at radius 1 is 1.48 bits per heavy atom. The van der Waals surface area contributed by atoms with Crippen molar-refractivity contribution in [1.29, 1.82) is 0 Å². The molecule has 1 N–H and O–H groups in total. The number of aromatic nitrogens is 1. The predicted octanol–water partition coefficient (Wildman–Crippen LogP) is 0.550. The van der Waals surface area contributed by atoms with Crippen LogP contribution in [0.3, 0.4) is 0 Å². The van der Waals surface area contributed by atoms with Crippen LogP contribution < -0.4 is 11.1 Å². The van der Waals surface area contributed by atoms with E-state index in [4.69, 9.17) is 4.42 Å². The molecular formula is C15H18BrN3O5S. The highest BCUT2D eigenvalue weighted by Crippen LogP contribution is 2.19. The maximum atomic E-state index is 12.1. The Kier molecular flexibility index (Phi) is 5.03. The fourth-order valence-electron chi connectivity index (χ4n) is 2.89. The van der Waals surface area contributed by atoms with Crippen LogP contribution in [-0.2, 0) is 21.3 Å². The average Bonchev–Trinajstić information content (AvgIpc) is 2.98. The van der Waals surface area contributed by atoms with Gasteiger partial charge in [-0.25, -0.2) is 13.2 Å². The van der Waals surface area contributed by atoms with Gasteiger partial charge in [0.05, 0.1) is 30.2 Å². The molecule has 136 valence electrons. The Morgan fingerprint density at radius 2 is 2.24 bits per heavy atom. The molecule has 1 atom stereocenters. The number of rotatable bonds is 5. The number of nitrogens with one attached hydrogen (secondary N) is 1. The van der Waals surface area contributed by atoms with Crippen LogP contribution in [-0.4, -0.2) is 54.9 Å². The van der Waals surface area contributed by atoms with Gasteiger partial charge in [-0.1, -0.05) is 15.9 Å². The molecule has 0 bridgehead atoms. The number of oxazole rings is 1. The molecule has 1 aromatic heterocycles. The number of hydrogen-bond donors (Lipinski definition) is 1. The van der Waals surface area contributed by atoms with Crippen LogP contribution in [0.4, 0.5) is 0 Å². The highest BCUT2D eigenvalue weighted by molar-refractivity contribution is 9.10. The van der Waals surface area contributed by atoms with Gasteiger partial charge in [0.15, 0.2) is 15.4 Å². The van der Waals surface area contributed by atoms with E-state index in [1.807, 2.05) is 0 Å². The summed E-state index contributed by atoms with van der Waals surface area (Å²) >= 11 is 3.32. The summed E-state index contributed by atoms with van der Waals surface area (Å²) in [6, 6.07) is 4.95. The van der Waals surface area contributed by atoms with Crippen LogP contribution in [0.15, 0.2) is 31.9 Å². The lowest BCUT2D eigenvalue weighted by molar-refractivity contribution is -0.122. The maximum absolute atomic E-state index is 12.1. The molecule has 25 heavy (non-hydrogen) atoms. The van der Waals surface area contributed by atoms with Gasteiger partial charge in [0.2, 0.25) is 5.91 Å². The lowest BCUT2D eigenvalue weighted by Gasteiger charge is -2.18. The smallest absolute Gasteiger partial charge is 0.408 e. The minimum Gasteiger partial charge on any atom is -0.408 e. The summed E-state index contributed by atoms with van der Waals surface area (Å²) in [6.07, 6.45) is 0.443. The van der Waals surface area contributed by atoms with Crippen molar-refractivity contribution in [2.75, 3.05) is 25.1 Å². The Hall–Kier alpha value is -1.65.